The molecule has 90 valence electrons. The molecule has 1 heterocycles. The van der Waals surface area contributed by atoms with E-state index in [4.69, 9.17) is 5.11 Å². The summed E-state index contributed by atoms with van der Waals surface area (Å²) in [6.07, 6.45) is 4.81. The SMILES string of the molecule is CC(C)(C)C1CCN(CCCCO)CC1. The number of aliphatic hydroxyl groups excluding tert-OH is 1. The number of hydrogen-bond donors (Lipinski definition) is 1. The third-order valence-corrected chi connectivity index (χ3v) is 3.69. The monoisotopic (exact) mass is 213 g/mol. The van der Waals surface area contributed by atoms with E-state index in [1.165, 1.54) is 32.5 Å². The number of aliphatic hydroxyl groups is 1. The van der Waals surface area contributed by atoms with E-state index in [2.05, 4.69) is 25.7 Å². The largest absolute Gasteiger partial charge is 0.396 e. The lowest BCUT2D eigenvalue weighted by Crippen LogP contribution is -2.38. The Balaban J connectivity index is 2.18. The van der Waals surface area contributed by atoms with Gasteiger partial charge in [-0.25, -0.2) is 0 Å². The highest BCUT2D eigenvalue weighted by atomic mass is 16.2. The van der Waals surface area contributed by atoms with Crippen molar-refractivity contribution in [3.63, 3.8) is 0 Å². The van der Waals surface area contributed by atoms with Crippen LogP contribution in [0, 0.1) is 11.3 Å². The van der Waals surface area contributed by atoms with Crippen molar-refractivity contribution < 1.29 is 5.11 Å². The zero-order valence-electron chi connectivity index (χ0n) is 10.6. The Bertz CT molecular complexity index is 166. The van der Waals surface area contributed by atoms with Gasteiger partial charge >= 0.3 is 0 Å². The minimum Gasteiger partial charge on any atom is -0.396 e. The Morgan fingerprint density at radius 2 is 1.73 bits per heavy atom. The van der Waals surface area contributed by atoms with Crippen LogP contribution in [0.3, 0.4) is 0 Å². The van der Waals surface area contributed by atoms with Gasteiger partial charge in [-0.05, 0) is 56.7 Å². The summed E-state index contributed by atoms with van der Waals surface area (Å²) in [6, 6.07) is 0. The summed E-state index contributed by atoms with van der Waals surface area (Å²) in [5, 5.41) is 8.73. The molecule has 0 radical (unpaired) electrons. The Kier molecular flexibility index (Phi) is 5.07. The Labute approximate surface area is 94.7 Å². The van der Waals surface area contributed by atoms with Crippen molar-refractivity contribution in [2.45, 2.75) is 46.5 Å². The minimum absolute atomic E-state index is 0.346. The van der Waals surface area contributed by atoms with E-state index in [1.807, 2.05) is 0 Å². The molecule has 1 aliphatic heterocycles. The van der Waals surface area contributed by atoms with Crippen LogP contribution in [0.2, 0.25) is 0 Å². The van der Waals surface area contributed by atoms with Crippen molar-refractivity contribution in [3.05, 3.63) is 0 Å². The molecule has 2 nitrogen and oxygen atoms in total. The summed E-state index contributed by atoms with van der Waals surface area (Å²) in [5.74, 6) is 0.895. The maximum absolute atomic E-state index is 8.73. The van der Waals surface area contributed by atoms with Gasteiger partial charge < -0.3 is 10.0 Å². The van der Waals surface area contributed by atoms with Crippen LogP contribution in [0.25, 0.3) is 0 Å². The van der Waals surface area contributed by atoms with E-state index in [-0.39, 0.29) is 0 Å². The molecule has 0 amide bonds. The molecular formula is C13H27NO. The van der Waals surface area contributed by atoms with Crippen LogP contribution in [0.1, 0.15) is 46.5 Å². The van der Waals surface area contributed by atoms with Gasteiger partial charge in [0.2, 0.25) is 0 Å². The van der Waals surface area contributed by atoms with Crippen molar-refractivity contribution >= 4 is 0 Å². The van der Waals surface area contributed by atoms with Crippen molar-refractivity contribution in [2.75, 3.05) is 26.2 Å². The summed E-state index contributed by atoms with van der Waals surface area (Å²) >= 11 is 0. The first-order valence-corrected chi connectivity index (χ1v) is 6.37. The average molecular weight is 213 g/mol. The first kappa shape index (κ1) is 13.0. The fourth-order valence-electron chi connectivity index (χ4n) is 2.47. The molecule has 2 heteroatoms. The Morgan fingerprint density at radius 3 is 2.20 bits per heavy atom. The fourth-order valence-corrected chi connectivity index (χ4v) is 2.47. The molecule has 1 N–H and O–H groups in total. The molecule has 0 aromatic rings. The van der Waals surface area contributed by atoms with Gasteiger partial charge in [-0.2, -0.15) is 0 Å². The molecule has 1 fully saturated rings. The molecule has 0 bridgehead atoms. The molecular weight excluding hydrogens is 186 g/mol. The van der Waals surface area contributed by atoms with Crippen LogP contribution >= 0.6 is 0 Å². The quantitative estimate of drug-likeness (QED) is 0.725. The van der Waals surface area contributed by atoms with Gasteiger partial charge in [-0.15, -0.1) is 0 Å². The van der Waals surface area contributed by atoms with Crippen LogP contribution < -0.4 is 0 Å². The number of unbranched alkanes of at least 4 members (excludes halogenated alkanes) is 1. The van der Waals surface area contributed by atoms with E-state index in [9.17, 15) is 0 Å². The van der Waals surface area contributed by atoms with Crippen LogP contribution in [-0.4, -0.2) is 36.2 Å². The summed E-state index contributed by atoms with van der Waals surface area (Å²) in [5.41, 5.74) is 0.483. The normalized spacial score (nSPS) is 20.8. The van der Waals surface area contributed by atoms with Crippen molar-refractivity contribution in [2.24, 2.45) is 11.3 Å². The van der Waals surface area contributed by atoms with Crippen LogP contribution in [0.4, 0.5) is 0 Å². The standard InChI is InChI=1S/C13H27NO/c1-13(2,3)12-6-9-14(10-7-12)8-4-5-11-15/h12,15H,4-11H2,1-3H3. The number of nitrogens with zero attached hydrogens (tertiary/aromatic N) is 1. The fraction of sp³-hybridized carbons (Fsp3) is 1.00. The number of hydrogen-bond acceptors (Lipinski definition) is 2. The highest BCUT2D eigenvalue weighted by Crippen LogP contribution is 2.34. The van der Waals surface area contributed by atoms with Crippen LogP contribution in [0.5, 0.6) is 0 Å². The molecule has 0 aromatic carbocycles. The van der Waals surface area contributed by atoms with E-state index in [0.29, 0.717) is 12.0 Å². The second-order valence-corrected chi connectivity index (χ2v) is 5.91. The Hall–Kier alpha value is -0.0800. The van der Waals surface area contributed by atoms with Crippen LogP contribution in [-0.2, 0) is 0 Å². The molecule has 1 saturated heterocycles. The summed E-state index contributed by atoms with van der Waals surface area (Å²) < 4.78 is 0. The molecule has 15 heavy (non-hydrogen) atoms. The molecule has 0 unspecified atom stereocenters. The van der Waals surface area contributed by atoms with Gasteiger partial charge in [0.25, 0.3) is 0 Å². The summed E-state index contributed by atoms with van der Waals surface area (Å²) in [4.78, 5) is 2.55. The predicted octanol–water partition coefficient (Wildman–Crippen LogP) is 2.52. The molecule has 0 aromatic heterocycles. The molecule has 0 saturated carbocycles. The average Bonchev–Trinajstić information content (AvgIpc) is 2.18. The lowest BCUT2D eigenvalue weighted by molar-refractivity contribution is 0.110. The number of piperidine rings is 1. The van der Waals surface area contributed by atoms with E-state index < -0.39 is 0 Å². The third-order valence-electron chi connectivity index (χ3n) is 3.69. The minimum atomic E-state index is 0.346. The smallest absolute Gasteiger partial charge is 0.0431 e. The highest BCUT2D eigenvalue weighted by Gasteiger charge is 2.28. The topological polar surface area (TPSA) is 23.5 Å². The third kappa shape index (κ3) is 4.52. The second-order valence-electron chi connectivity index (χ2n) is 5.91. The summed E-state index contributed by atoms with van der Waals surface area (Å²) in [7, 11) is 0. The van der Waals surface area contributed by atoms with Gasteiger partial charge in [0.05, 0.1) is 0 Å². The molecule has 1 rings (SSSR count). The van der Waals surface area contributed by atoms with Gasteiger partial charge in [0.1, 0.15) is 0 Å². The Morgan fingerprint density at radius 1 is 1.13 bits per heavy atom. The predicted molar refractivity (Wildman–Crippen MR) is 64.9 cm³/mol. The highest BCUT2D eigenvalue weighted by molar-refractivity contribution is 4.80. The number of likely N-dealkylation sites (tertiary alicyclic amines) is 1. The molecule has 0 spiro atoms. The lowest BCUT2D eigenvalue weighted by Gasteiger charge is -2.38. The van der Waals surface area contributed by atoms with Gasteiger partial charge in [-0.3, -0.25) is 0 Å². The first-order chi connectivity index (χ1) is 7.04. The number of rotatable bonds is 4. The van der Waals surface area contributed by atoms with Gasteiger partial charge in [0, 0.05) is 6.61 Å². The van der Waals surface area contributed by atoms with E-state index in [0.717, 1.165) is 18.8 Å². The molecule has 1 aliphatic rings. The van der Waals surface area contributed by atoms with Gasteiger partial charge in [0.15, 0.2) is 0 Å². The van der Waals surface area contributed by atoms with Crippen molar-refractivity contribution in [3.8, 4) is 0 Å². The molecule has 0 aliphatic carbocycles. The van der Waals surface area contributed by atoms with E-state index >= 15 is 0 Å². The van der Waals surface area contributed by atoms with Crippen LogP contribution in [0.15, 0.2) is 0 Å². The van der Waals surface area contributed by atoms with Crippen molar-refractivity contribution in [1.82, 2.24) is 4.90 Å². The lowest BCUT2D eigenvalue weighted by atomic mass is 9.75. The second kappa shape index (κ2) is 5.86. The first-order valence-electron chi connectivity index (χ1n) is 6.37. The van der Waals surface area contributed by atoms with Crippen molar-refractivity contribution in [1.29, 1.82) is 0 Å². The zero-order valence-corrected chi connectivity index (χ0v) is 10.6. The zero-order chi connectivity index (χ0) is 11.3. The van der Waals surface area contributed by atoms with E-state index in [1.54, 1.807) is 0 Å². The maximum atomic E-state index is 8.73. The van der Waals surface area contributed by atoms with Gasteiger partial charge in [-0.1, -0.05) is 20.8 Å². The molecule has 0 atom stereocenters. The summed E-state index contributed by atoms with van der Waals surface area (Å²) in [6.45, 7) is 11.1. The maximum Gasteiger partial charge on any atom is 0.0431 e.